The molecule has 0 bridgehead atoms. The molecule has 1 aliphatic heterocycles. The molecule has 0 amide bonds. The summed E-state index contributed by atoms with van der Waals surface area (Å²) >= 11 is 1.78. The summed E-state index contributed by atoms with van der Waals surface area (Å²) in [6.07, 6.45) is 4.29. The highest BCUT2D eigenvalue weighted by Gasteiger charge is 2.21. The van der Waals surface area contributed by atoms with Gasteiger partial charge in [0, 0.05) is 16.1 Å². The van der Waals surface area contributed by atoms with Crippen molar-refractivity contribution in [3.63, 3.8) is 0 Å². The van der Waals surface area contributed by atoms with E-state index in [9.17, 15) is 0 Å². The van der Waals surface area contributed by atoms with E-state index in [1.807, 2.05) is 0 Å². The van der Waals surface area contributed by atoms with E-state index in [0.29, 0.717) is 6.04 Å². The Balaban J connectivity index is 1.94. The molecule has 110 valence electrons. The first kappa shape index (κ1) is 14.3. The number of para-hydroxylation sites is 2. The summed E-state index contributed by atoms with van der Waals surface area (Å²) in [4.78, 5) is 1.29. The van der Waals surface area contributed by atoms with Crippen molar-refractivity contribution in [1.82, 2.24) is 0 Å². The van der Waals surface area contributed by atoms with Crippen LogP contribution in [0.2, 0.25) is 0 Å². The van der Waals surface area contributed by atoms with E-state index in [4.69, 9.17) is 4.74 Å². The fourth-order valence-corrected chi connectivity index (χ4v) is 3.43. The number of ether oxygens (including phenoxy) is 1. The van der Waals surface area contributed by atoms with Gasteiger partial charge in [-0.3, -0.25) is 0 Å². The van der Waals surface area contributed by atoms with Crippen LogP contribution in [-0.2, 0) is 0 Å². The van der Waals surface area contributed by atoms with Crippen molar-refractivity contribution < 1.29 is 4.74 Å². The third-order valence-electron chi connectivity index (χ3n) is 3.94. The lowest BCUT2D eigenvalue weighted by Gasteiger charge is -2.21. The number of nitrogens with one attached hydrogen (secondary N) is 1. The highest BCUT2D eigenvalue weighted by atomic mass is 32.2. The summed E-state index contributed by atoms with van der Waals surface area (Å²) in [6.45, 7) is 2.93. The maximum atomic E-state index is 5.96. The Morgan fingerprint density at radius 2 is 2.00 bits per heavy atom. The third-order valence-corrected chi connectivity index (χ3v) is 4.73. The van der Waals surface area contributed by atoms with E-state index in [-0.39, 0.29) is 0 Å². The maximum absolute atomic E-state index is 5.96. The minimum atomic E-state index is 0.315. The predicted molar refractivity (Wildman–Crippen MR) is 90.5 cm³/mol. The molecule has 2 aromatic carbocycles. The van der Waals surface area contributed by atoms with Gasteiger partial charge in [0.15, 0.2) is 0 Å². The molecule has 1 heterocycles. The lowest BCUT2D eigenvalue weighted by molar-refractivity contribution is 0.314. The molecule has 21 heavy (non-hydrogen) atoms. The second-order valence-corrected chi connectivity index (χ2v) is 6.23. The van der Waals surface area contributed by atoms with Gasteiger partial charge in [-0.2, -0.15) is 0 Å². The average Bonchev–Trinajstić information content (AvgIpc) is 2.72. The fraction of sp³-hybridized carbons (Fsp3) is 0.333. The maximum Gasteiger partial charge on any atom is 0.127 e. The molecule has 0 aliphatic carbocycles. The Morgan fingerprint density at radius 3 is 2.86 bits per heavy atom. The summed E-state index contributed by atoms with van der Waals surface area (Å²) in [5.41, 5.74) is 3.71. The zero-order valence-electron chi connectivity index (χ0n) is 12.6. The smallest absolute Gasteiger partial charge is 0.127 e. The van der Waals surface area contributed by atoms with E-state index in [1.165, 1.54) is 21.7 Å². The number of rotatable bonds is 3. The lowest BCUT2D eigenvalue weighted by atomic mass is 9.99. The van der Waals surface area contributed by atoms with E-state index in [0.717, 1.165) is 25.2 Å². The Kier molecular flexibility index (Phi) is 4.39. The molecule has 0 saturated carbocycles. The number of hydrogen-bond donors (Lipinski definition) is 1. The van der Waals surface area contributed by atoms with E-state index >= 15 is 0 Å². The highest BCUT2D eigenvalue weighted by Crippen LogP contribution is 2.37. The van der Waals surface area contributed by atoms with Gasteiger partial charge in [0.25, 0.3) is 0 Å². The summed E-state index contributed by atoms with van der Waals surface area (Å²) in [5.74, 6) is 1.06. The molecule has 0 spiro atoms. The SMILES string of the molecule is CSc1ccccc1NC1CCCOc2c(C)cccc21. The number of fused-ring (bicyclic) bond motifs is 1. The zero-order chi connectivity index (χ0) is 14.7. The van der Waals surface area contributed by atoms with Crippen LogP contribution in [0, 0.1) is 6.92 Å². The molecular weight excluding hydrogens is 278 g/mol. The van der Waals surface area contributed by atoms with Crippen LogP contribution in [0.3, 0.4) is 0 Å². The fourth-order valence-electron chi connectivity index (χ4n) is 2.87. The number of thioether (sulfide) groups is 1. The van der Waals surface area contributed by atoms with Gasteiger partial charge in [0.2, 0.25) is 0 Å². The normalized spacial score (nSPS) is 17.5. The average molecular weight is 299 g/mol. The van der Waals surface area contributed by atoms with E-state index < -0.39 is 0 Å². The van der Waals surface area contributed by atoms with Crippen LogP contribution >= 0.6 is 11.8 Å². The minimum absolute atomic E-state index is 0.315. The second-order valence-electron chi connectivity index (χ2n) is 5.38. The lowest BCUT2D eigenvalue weighted by Crippen LogP contribution is -2.11. The number of aryl methyl sites for hydroxylation is 1. The highest BCUT2D eigenvalue weighted by molar-refractivity contribution is 7.98. The molecule has 1 unspecified atom stereocenters. The molecular formula is C18H21NOS. The van der Waals surface area contributed by atoms with Crippen molar-refractivity contribution in [2.75, 3.05) is 18.2 Å². The van der Waals surface area contributed by atoms with E-state index in [2.05, 4.69) is 61.0 Å². The van der Waals surface area contributed by atoms with Gasteiger partial charge >= 0.3 is 0 Å². The van der Waals surface area contributed by atoms with Crippen LogP contribution in [-0.4, -0.2) is 12.9 Å². The first-order valence-corrected chi connectivity index (χ1v) is 8.64. The van der Waals surface area contributed by atoms with Crippen LogP contribution < -0.4 is 10.1 Å². The first-order valence-electron chi connectivity index (χ1n) is 7.41. The van der Waals surface area contributed by atoms with Crippen LogP contribution in [0.15, 0.2) is 47.4 Å². The Bertz CT molecular complexity index is 626. The minimum Gasteiger partial charge on any atom is -0.493 e. The monoisotopic (exact) mass is 299 g/mol. The number of hydrogen-bond acceptors (Lipinski definition) is 3. The molecule has 3 rings (SSSR count). The van der Waals surface area contributed by atoms with Crippen molar-refractivity contribution in [1.29, 1.82) is 0 Å². The molecule has 1 N–H and O–H groups in total. The van der Waals surface area contributed by atoms with Gasteiger partial charge < -0.3 is 10.1 Å². The van der Waals surface area contributed by atoms with Gasteiger partial charge in [-0.25, -0.2) is 0 Å². The van der Waals surface area contributed by atoms with E-state index in [1.54, 1.807) is 11.8 Å². The molecule has 2 nitrogen and oxygen atoms in total. The molecule has 0 saturated heterocycles. The third kappa shape index (κ3) is 3.03. The van der Waals surface area contributed by atoms with Crippen LogP contribution in [0.25, 0.3) is 0 Å². The summed E-state index contributed by atoms with van der Waals surface area (Å²) in [6, 6.07) is 15.3. The predicted octanol–water partition coefficient (Wildman–Crippen LogP) is 5.04. The largest absolute Gasteiger partial charge is 0.493 e. The van der Waals surface area contributed by atoms with Crippen LogP contribution in [0.4, 0.5) is 5.69 Å². The standard InChI is InChI=1S/C18H21NOS/c1-13-7-5-8-14-15(10-6-12-20-18(13)14)19-16-9-3-4-11-17(16)21-2/h3-5,7-9,11,15,19H,6,10,12H2,1-2H3. The first-order chi connectivity index (χ1) is 10.3. The number of anilines is 1. The second kappa shape index (κ2) is 6.44. The van der Waals surface area contributed by atoms with Crippen molar-refractivity contribution in [3.05, 3.63) is 53.6 Å². The zero-order valence-corrected chi connectivity index (χ0v) is 13.4. The van der Waals surface area contributed by atoms with Crippen molar-refractivity contribution >= 4 is 17.4 Å². The molecule has 0 aromatic heterocycles. The van der Waals surface area contributed by atoms with Gasteiger partial charge in [-0.05, 0) is 43.7 Å². The molecule has 1 aliphatic rings. The molecule has 0 fully saturated rings. The summed E-state index contributed by atoms with van der Waals surface area (Å²) in [7, 11) is 0. The Labute approximate surface area is 130 Å². The van der Waals surface area contributed by atoms with Crippen LogP contribution in [0.1, 0.15) is 30.0 Å². The Hall–Kier alpha value is -1.61. The van der Waals surface area contributed by atoms with Crippen molar-refractivity contribution in [3.8, 4) is 5.75 Å². The topological polar surface area (TPSA) is 21.3 Å². The van der Waals surface area contributed by atoms with Crippen molar-refractivity contribution in [2.24, 2.45) is 0 Å². The van der Waals surface area contributed by atoms with Crippen molar-refractivity contribution in [2.45, 2.75) is 30.7 Å². The summed E-state index contributed by atoms with van der Waals surface area (Å²) < 4.78 is 5.96. The van der Waals surface area contributed by atoms with Gasteiger partial charge in [-0.15, -0.1) is 11.8 Å². The van der Waals surface area contributed by atoms with Gasteiger partial charge in [-0.1, -0.05) is 30.3 Å². The molecule has 0 radical (unpaired) electrons. The quantitative estimate of drug-likeness (QED) is 0.802. The van der Waals surface area contributed by atoms with Gasteiger partial charge in [0.05, 0.1) is 12.6 Å². The summed E-state index contributed by atoms with van der Waals surface area (Å²) in [5, 5.41) is 3.72. The Morgan fingerprint density at radius 1 is 1.14 bits per heavy atom. The number of benzene rings is 2. The molecule has 2 aromatic rings. The molecule has 3 heteroatoms. The van der Waals surface area contributed by atoms with Gasteiger partial charge in [0.1, 0.15) is 5.75 Å². The molecule has 1 atom stereocenters. The van der Waals surface area contributed by atoms with Crippen LogP contribution in [0.5, 0.6) is 5.75 Å².